The molecule has 6 nitrogen and oxygen atoms in total. The highest BCUT2D eigenvalue weighted by Gasteiger charge is 2.59. The highest BCUT2D eigenvalue weighted by atomic mass is 79.9. The van der Waals surface area contributed by atoms with Crippen LogP contribution in [-0.2, 0) is 16.2 Å². The van der Waals surface area contributed by atoms with Crippen LogP contribution in [0.2, 0.25) is 0 Å². The molecule has 3 aliphatic rings. The lowest BCUT2D eigenvalue weighted by Gasteiger charge is -2.15. The Kier molecular flexibility index (Phi) is 5.37. The molecule has 1 saturated heterocycles. The van der Waals surface area contributed by atoms with Gasteiger partial charge in [-0.25, -0.2) is 0 Å². The number of hydrogen-bond donors (Lipinski definition) is 0. The van der Waals surface area contributed by atoms with Gasteiger partial charge in [0, 0.05) is 10.0 Å². The molecule has 32 heavy (non-hydrogen) atoms. The van der Waals surface area contributed by atoms with Crippen molar-refractivity contribution in [2.24, 2.45) is 28.8 Å². The smallest absolute Gasteiger partial charge is 0.254 e. The van der Waals surface area contributed by atoms with E-state index in [1.54, 1.807) is 7.11 Å². The number of carbonyl (C=O) groups excluding carboxylic acids is 2. The molecule has 0 N–H and O–H groups in total. The van der Waals surface area contributed by atoms with Crippen molar-refractivity contribution in [2.75, 3.05) is 7.11 Å². The first-order valence-electron chi connectivity index (χ1n) is 10.6. The van der Waals surface area contributed by atoms with Crippen molar-refractivity contribution in [1.29, 1.82) is 0 Å². The first-order chi connectivity index (χ1) is 15.5. The fraction of sp³-hybridized carbons (Fsp3) is 0.320. The largest absolute Gasteiger partial charge is 0.493 e. The van der Waals surface area contributed by atoms with E-state index < -0.39 is 0 Å². The van der Waals surface area contributed by atoms with Crippen molar-refractivity contribution >= 4 is 34.0 Å². The first kappa shape index (κ1) is 20.9. The molecular weight excluding hydrogens is 472 g/mol. The average molecular weight is 495 g/mol. The molecule has 2 fully saturated rings. The number of allylic oxidation sites excluding steroid dienone is 2. The quantitative estimate of drug-likeness (QED) is 0.337. The molecule has 5 rings (SSSR count). The SMILES string of the molecule is COc1cc(Br)cc(C=NN2C(=O)C3C4C=CC(C4)C3C2=O)c1OCc1cccc(C)c1. The third-order valence-corrected chi connectivity index (χ3v) is 6.95. The first-order valence-corrected chi connectivity index (χ1v) is 11.4. The minimum Gasteiger partial charge on any atom is -0.493 e. The van der Waals surface area contributed by atoms with Crippen LogP contribution >= 0.6 is 15.9 Å². The van der Waals surface area contributed by atoms with Gasteiger partial charge in [-0.05, 0) is 42.9 Å². The molecule has 4 atom stereocenters. The van der Waals surface area contributed by atoms with E-state index in [9.17, 15) is 9.59 Å². The number of methoxy groups -OCH3 is 1. The number of halogens is 1. The highest BCUT2D eigenvalue weighted by molar-refractivity contribution is 9.10. The number of fused-ring (bicyclic) bond motifs is 5. The van der Waals surface area contributed by atoms with E-state index in [1.165, 1.54) is 6.21 Å². The molecule has 164 valence electrons. The van der Waals surface area contributed by atoms with Gasteiger partial charge in [0.05, 0.1) is 25.2 Å². The van der Waals surface area contributed by atoms with Gasteiger partial charge in [0.2, 0.25) is 0 Å². The number of benzene rings is 2. The van der Waals surface area contributed by atoms with Gasteiger partial charge in [-0.15, -0.1) is 0 Å². The van der Waals surface area contributed by atoms with Crippen LogP contribution in [0.1, 0.15) is 23.1 Å². The summed E-state index contributed by atoms with van der Waals surface area (Å²) in [6.07, 6.45) is 6.54. The molecule has 0 radical (unpaired) electrons. The molecule has 2 aliphatic carbocycles. The summed E-state index contributed by atoms with van der Waals surface area (Å²) in [7, 11) is 1.57. The second-order valence-corrected chi connectivity index (χ2v) is 9.45. The van der Waals surface area contributed by atoms with Crippen LogP contribution in [0.3, 0.4) is 0 Å². The lowest BCUT2D eigenvalue weighted by Crippen LogP contribution is -2.28. The van der Waals surface area contributed by atoms with E-state index in [4.69, 9.17) is 9.47 Å². The Labute approximate surface area is 195 Å². The molecule has 2 amide bonds. The second kappa shape index (κ2) is 8.20. The summed E-state index contributed by atoms with van der Waals surface area (Å²) >= 11 is 3.48. The predicted molar refractivity (Wildman–Crippen MR) is 123 cm³/mol. The summed E-state index contributed by atoms with van der Waals surface area (Å²) in [4.78, 5) is 25.8. The van der Waals surface area contributed by atoms with Crippen molar-refractivity contribution in [1.82, 2.24) is 5.01 Å². The van der Waals surface area contributed by atoms with Gasteiger partial charge in [-0.1, -0.05) is 57.9 Å². The van der Waals surface area contributed by atoms with E-state index in [-0.39, 0.29) is 35.5 Å². The zero-order valence-corrected chi connectivity index (χ0v) is 19.4. The van der Waals surface area contributed by atoms with Crippen molar-refractivity contribution in [3.63, 3.8) is 0 Å². The van der Waals surface area contributed by atoms with Crippen LogP contribution in [0.15, 0.2) is 58.1 Å². The monoisotopic (exact) mass is 494 g/mol. The lowest BCUT2D eigenvalue weighted by atomic mass is 9.85. The molecule has 1 heterocycles. The molecule has 0 aromatic heterocycles. The van der Waals surface area contributed by atoms with Crippen LogP contribution in [0, 0.1) is 30.6 Å². The van der Waals surface area contributed by atoms with Crippen molar-refractivity contribution in [3.05, 3.63) is 69.7 Å². The van der Waals surface area contributed by atoms with E-state index in [0.29, 0.717) is 23.7 Å². The summed E-state index contributed by atoms with van der Waals surface area (Å²) in [5.74, 6) is 0.373. The number of hydrazone groups is 1. The van der Waals surface area contributed by atoms with Gasteiger partial charge < -0.3 is 9.47 Å². The number of amides is 2. The van der Waals surface area contributed by atoms with Gasteiger partial charge in [0.15, 0.2) is 11.5 Å². The minimum atomic E-state index is -0.274. The number of nitrogens with zero attached hydrogens (tertiary/aromatic N) is 2. The molecule has 0 spiro atoms. The Morgan fingerprint density at radius 2 is 1.84 bits per heavy atom. The van der Waals surface area contributed by atoms with Crippen molar-refractivity contribution < 1.29 is 19.1 Å². The molecule has 2 aromatic carbocycles. The molecule has 2 aromatic rings. The van der Waals surface area contributed by atoms with Crippen LogP contribution in [0.4, 0.5) is 0 Å². The van der Waals surface area contributed by atoms with Gasteiger partial charge in [0.25, 0.3) is 11.8 Å². The molecule has 2 bridgehead atoms. The van der Waals surface area contributed by atoms with Gasteiger partial charge in [0.1, 0.15) is 6.61 Å². The summed E-state index contributed by atoms with van der Waals surface area (Å²) in [6, 6.07) is 11.7. The normalized spacial score (nSPS) is 25.8. The second-order valence-electron chi connectivity index (χ2n) is 8.54. The summed E-state index contributed by atoms with van der Waals surface area (Å²) in [5.41, 5.74) is 2.79. The summed E-state index contributed by atoms with van der Waals surface area (Å²) in [5, 5.41) is 5.35. The molecule has 7 heteroatoms. The molecule has 4 unspecified atom stereocenters. The molecule has 1 saturated carbocycles. The topological polar surface area (TPSA) is 68.2 Å². The third kappa shape index (κ3) is 3.54. The number of rotatable bonds is 6. The summed E-state index contributed by atoms with van der Waals surface area (Å²) in [6.45, 7) is 2.38. The fourth-order valence-corrected chi connectivity index (χ4v) is 5.52. The van der Waals surface area contributed by atoms with E-state index >= 15 is 0 Å². The number of carbonyl (C=O) groups is 2. The Bertz CT molecular complexity index is 1130. The average Bonchev–Trinajstić information content (AvgIpc) is 3.45. The highest BCUT2D eigenvalue weighted by Crippen LogP contribution is 2.52. The Balaban J connectivity index is 1.42. The van der Waals surface area contributed by atoms with E-state index in [0.717, 1.165) is 27.0 Å². The maximum Gasteiger partial charge on any atom is 0.254 e. The number of hydrogen-bond acceptors (Lipinski definition) is 5. The number of imide groups is 1. The fourth-order valence-electron chi connectivity index (χ4n) is 5.07. The van der Waals surface area contributed by atoms with Gasteiger partial charge >= 0.3 is 0 Å². The third-order valence-electron chi connectivity index (χ3n) is 6.49. The van der Waals surface area contributed by atoms with Crippen molar-refractivity contribution in [3.8, 4) is 11.5 Å². The zero-order valence-electron chi connectivity index (χ0n) is 17.8. The number of aryl methyl sites for hydroxylation is 1. The van der Waals surface area contributed by atoms with Crippen molar-refractivity contribution in [2.45, 2.75) is 20.0 Å². The van der Waals surface area contributed by atoms with Crippen LogP contribution in [-0.4, -0.2) is 30.1 Å². The van der Waals surface area contributed by atoms with Crippen LogP contribution < -0.4 is 9.47 Å². The Hall–Kier alpha value is -2.93. The maximum atomic E-state index is 12.9. The maximum absolute atomic E-state index is 12.9. The lowest BCUT2D eigenvalue weighted by molar-refractivity contribution is -0.140. The van der Waals surface area contributed by atoms with Gasteiger partial charge in [-0.2, -0.15) is 10.1 Å². The standard InChI is InChI=1S/C25H23BrN2O4/c1-14-4-3-5-15(8-14)13-32-23-18(10-19(26)11-20(23)31-2)12-27-28-24(29)21-16-6-7-17(9-16)22(21)25(28)30/h3-8,10-12,16-17,21-22H,9,13H2,1-2H3. The van der Waals surface area contributed by atoms with Crippen LogP contribution in [0.25, 0.3) is 0 Å². The number of ether oxygens (including phenoxy) is 2. The zero-order chi connectivity index (χ0) is 22.4. The Morgan fingerprint density at radius 3 is 2.50 bits per heavy atom. The summed E-state index contributed by atoms with van der Waals surface area (Å²) < 4.78 is 12.4. The van der Waals surface area contributed by atoms with Crippen LogP contribution in [0.5, 0.6) is 11.5 Å². The van der Waals surface area contributed by atoms with E-state index in [2.05, 4.69) is 39.2 Å². The predicted octanol–water partition coefficient (Wildman–Crippen LogP) is 4.49. The molecular formula is C25H23BrN2O4. The minimum absolute atomic E-state index is 0.154. The van der Waals surface area contributed by atoms with E-state index in [1.807, 2.05) is 37.3 Å². The Morgan fingerprint density at radius 1 is 1.12 bits per heavy atom. The van der Waals surface area contributed by atoms with Gasteiger partial charge in [-0.3, -0.25) is 9.59 Å². The molecule has 1 aliphatic heterocycles.